The minimum atomic E-state index is -0.972. The lowest BCUT2D eigenvalue weighted by atomic mass is 10.1. The van der Waals surface area contributed by atoms with Crippen LogP contribution in [-0.4, -0.2) is 73.8 Å². The number of hydrogen-bond acceptors (Lipinski definition) is 6. The predicted molar refractivity (Wildman–Crippen MR) is 125 cm³/mol. The Morgan fingerprint density at radius 2 is 1.76 bits per heavy atom. The summed E-state index contributed by atoms with van der Waals surface area (Å²) in [5, 5.41) is 9.23. The smallest absolute Gasteiger partial charge is 0.410 e. The van der Waals surface area contributed by atoms with E-state index in [2.05, 4.69) is 6.92 Å². The van der Waals surface area contributed by atoms with Gasteiger partial charge in [-0.25, -0.2) is 9.59 Å². The molecule has 33 heavy (non-hydrogen) atoms. The molecule has 186 valence electrons. The molecule has 0 radical (unpaired) electrons. The molecule has 0 spiro atoms. The first kappa shape index (κ1) is 26.9. The Hall–Kier alpha value is -2.32. The molecule has 8 nitrogen and oxygen atoms in total. The van der Waals surface area contributed by atoms with Gasteiger partial charge in [-0.3, -0.25) is 0 Å². The minimum absolute atomic E-state index is 0.0146. The topological polar surface area (TPSA) is 94.5 Å². The van der Waals surface area contributed by atoms with Crippen LogP contribution < -0.4 is 4.74 Å². The molecule has 0 aromatic heterocycles. The van der Waals surface area contributed by atoms with Gasteiger partial charge in [0.05, 0.1) is 13.2 Å². The number of rotatable bonds is 16. The van der Waals surface area contributed by atoms with Gasteiger partial charge < -0.3 is 29.0 Å². The average molecular weight is 466 g/mol. The van der Waals surface area contributed by atoms with Crippen LogP contribution in [0.3, 0.4) is 0 Å². The van der Waals surface area contributed by atoms with Crippen LogP contribution in [0, 0.1) is 0 Å². The van der Waals surface area contributed by atoms with Gasteiger partial charge in [-0.15, -0.1) is 0 Å². The molecule has 0 heterocycles. The zero-order chi connectivity index (χ0) is 23.9. The SMILES string of the molecule is CCCCOCCN(CCOc1ccc(CC(OCC)C(=O)O)cc1)C(=O)OC1CCCC1. The highest BCUT2D eigenvalue weighted by Gasteiger charge is 2.23. The standard InChI is InChI=1S/C25H39NO7/c1-3-5-16-30-17-14-26(25(29)33-22-8-6-7-9-22)15-18-32-21-12-10-20(11-13-21)19-23(24(27)28)31-4-2/h10-13,22-23H,3-9,14-19H2,1-2H3,(H,27,28). The van der Waals surface area contributed by atoms with Crippen LogP contribution in [0.15, 0.2) is 24.3 Å². The molecule has 0 bridgehead atoms. The molecule has 1 aromatic carbocycles. The lowest BCUT2D eigenvalue weighted by Gasteiger charge is -2.24. The molecule has 1 aromatic rings. The second kappa shape index (κ2) is 15.5. The summed E-state index contributed by atoms with van der Waals surface area (Å²) in [6.07, 6.45) is 5.29. The monoisotopic (exact) mass is 465 g/mol. The summed E-state index contributed by atoms with van der Waals surface area (Å²) in [6.45, 7) is 6.59. The molecule has 0 aliphatic heterocycles. The van der Waals surface area contributed by atoms with Gasteiger partial charge in [0.25, 0.3) is 0 Å². The van der Waals surface area contributed by atoms with Crippen LogP contribution in [0.25, 0.3) is 0 Å². The molecule has 2 rings (SSSR count). The van der Waals surface area contributed by atoms with Crippen molar-refractivity contribution < 1.29 is 33.6 Å². The van der Waals surface area contributed by atoms with E-state index in [1.54, 1.807) is 24.0 Å². The Morgan fingerprint density at radius 3 is 2.39 bits per heavy atom. The van der Waals surface area contributed by atoms with Crippen molar-refractivity contribution in [2.45, 2.75) is 71.0 Å². The molecule has 1 amide bonds. The Labute approximate surface area is 197 Å². The first-order valence-corrected chi connectivity index (χ1v) is 12.1. The zero-order valence-electron chi connectivity index (χ0n) is 20.0. The number of ether oxygens (including phenoxy) is 4. The van der Waals surface area contributed by atoms with Gasteiger partial charge in [0.1, 0.15) is 18.5 Å². The maximum Gasteiger partial charge on any atom is 0.410 e. The van der Waals surface area contributed by atoms with Gasteiger partial charge in [-0.1, -0.05) is 25.5 Å². The van der Waals surface area contributed by atoms with Crippen molar-refractivity contribution in [3.05, 3.63) is 29.8 Å². The molecule has 1 aliphatic rings. The number of carbonyl (C=O) groups excluding carboxylic acids is 1. The summed E-state index contributed by atoms with van der Waals surface area (Å²) in [7, 11) is 0. The number of hydrogen-bond donors (Lipinski definition) is 1. The molecule has 8 heteroatoms. The number of aliphatic carboxylic acids is 1. The van der Waals surface area contributed by atoms with E-state index >= 15 is 0 Å². The largest absolute Gasteiger partial charge is 0.492 e. The van der Waals surface area contributed by atoms with Crippen molar-refractivity contribution in [3.63, 3.8) is 0 Å². The van der Waals surface area contributed by atoms with Gasteiger partial charge in [0.15, 0.2) is 6.10 Å². The highest BCUT2D eigenvalue weighted by Crippen LogP contribution is 2.21. The minimum Gasteiger partial charge on any atom is -0.492 e. The fourth-order valence-electron chi connectivity index (χ4n) is 3.67. The molecule has 1 N–H and O–H groups in total. The zero-order valence-corrected chi connectivity index (χ0v) is 20.0. The van der Waals surface area contributed by atoms with Crippen LogP contribution in [-0.2, 0) is 25.4 Å². The number of carboxylic acid groups (broad SMARTS) is 1. The fourth-order valence-corrected chi connectivity index (χ4v) is 3.67. The van der Waals surface area contributed by atoms with E-state index < -0.39 is 12.1 Å². The summed E-state index contributed by atoms with van der Waals surface area (Å²) in [4.78, 5) is 25.6. The normalized spacial score (nSPS) is 14.7. The van der Waals surface area contributed by atoms with E-state index in [9.17, 15) is 14.7 Å². The van der Waals surface area contributed by atoms with E-state index in [4.69, 9.17) is 18.9 Å². The van der Waals surface area contributed by atoms with Gasteiger partial charge in [0.2, 0.25) is 0 Å². The van der Waals surface area contributed by atoms with E-state index in [-0.39, 0.29) is 12.2 Å². The third kappa shape index (κ3) is 10.4. The van der Waals surface area contributed by atoms with Crippen LogP contribution >= 0.6 is 0 Å². The van der Waals surface area contributed by atoms with Crippen molar-refractivity contribution in [2.75, 3.05) is 39.5 Å². The number of nitrogens with zero attached hydrogens (tertiary/aromatic N) is 1. The molecular formula is C25H39NO7. The second-order valence-electron chi connectivity index (χ2n) is 8.22. The predicted octanol–water partition coefficient (Wildman–Crippen LogP) is 4.30. The van der Waals surface area contributed by atoms with Crippen LogP contribution in [0.2, 0.25) is 0 Å². The maximum atomic E-state index is 12.6. The molecule has 1 atom stereocenters. The second-order valence-corrected chi connectivity index (χ2v) is 8.22. The average Bonchev–Trinajstić information content (AvgIpc) is 3.31. The molecule has 1 aliphatic carbocycles. The third-order valence-corrected chi connectivity index (χ3v) is 5.59. The number of carboxylic acids is 1. The van der Waals surface area contributed by atoms with E-state index in [1.165, 1.54) is 0 Å². The van der Waals surface area contributed by atoms with Crippen molar-refractivity contribution in [1.29, 1.82) is 0 Å². The van der Waals surface area contributed by atoms with Crippen molar-refractivity contribution in [1.82, 2.24) is 4.90 Å². The molecular weight excluding hydrogens is 426 g/mol. The van der Waals surface area contributed by atoms with Gasteiger partial charge >= 0.3 is 12.1 Å². The number of amides is 1. The first-order chi connectivity index (χ1) is 16.0. The Bertz CT molecular complexity index is 689. The first-order valence-electron chi connectivity index (χ1n) is 12.1. The van der Waals surface area contributed by atoms with Crippen LogP contribution in [0.5, 0.6) is 5.75 Å². The van der Waals surface area contributed by atoms with Crippen LogP contribution in [0.1, 0.15) is 57.9 Å². The molecule has 1 unspecified atom stereocenters. The quantitative estimate of drug-likeness (QED) is 0.364. The lowest BCUT2D eigenvalue weighted by molar-refractivity contribution is -0.149. The Kier molecular flexibility index (Phi) is 12.7. The summed E-state index contributed by atoms with van der Waals surface area (Å²) in [5.74, 6) is -0.314. The van der Waals surface area contributed by atoms with Gasteiger partial charge in [-0.05, 0) is 56.7 Å². The number of benzene rings is 1. The van der Waals surface area contributed by atoms with Crippen molar-refractivity contribution in [3.8, 4) is 5.75 Å². The van der Waals surface area contributed by atoms with E-state index in [1.807, 2.05) is 12.1 Å². The molecule has 1 saturated carbocycles. The molecule has 0 saturated heterocycles. The third-order valence-electron chi connectivity index (χ3n) is 5.59. The van der Waals surface area contributed by atoms with Gasteiger partial charge in [0, 0.05) is 26.2 Å². The molecule has 1 fully saturated rings. The highest BCUT2D eigenvalue weighted by molar-refractivity contribution is 5.72. The van der Waals surface area contributed by atoms with Crippen molar-refractivity contribution in [2.24, 2.45) is 0 Å². The Balaban J connectivity index is 1.82. The number of unbranched alkanes of at least 4 members (excludes halogenated alkanes) is 1. The van der Waals surface area contributed by atoms with E-state index in [0.29, 0.717) is 51.7 Å². The van der Waals surface area contributed by atoms with Gasteiger partial charge in [-0.2, -0.15) is 0 Å². The fraction of sp³-hybridized carbons (Fsp3) is 0.680. The van der Waals surface area contributed by atoms with Crippen LogP contribution in [0.4, 0.5) is 4.79 Å². The number of carbonyl (C=O) groups is 2. The maximum absolute atomic E-state index is 12.6. The summed E-state index contributed by atoms with van der Waals surface area (Å²) in [5.41, 5.74) is 0.856. The Morgan fingerprint density at radius 1 is 1.06 bits per heavy atom. The summed E-state index contributed by atoms with van der Waals surface area (Å²) in [6, 6.07) is 7.26. The lowest BCUT2D eigenvalue weighted by Crippen LogP contribution is -2.39. The summed E-state index contributed by atoms with van der Waals surface area (Å²) < 4.78 is 22.4. The highest BCUT2D eigenvalue weighted by atomic mass is 16.6. The van der Waals surface area contributed by atoms with Crippen molar-refractivity contribution >= 4 is 12.1 Å². The van der Waals surface area contributed by atoms with E-state index in [0.717, 1.165) is 44.1 Å². The summed E-state index contributed by atoms with van der Waals surface area (Å²) >= 11 is 0.